The monoisotopic (exact) mass is 311 g/mol. The van der Waals surface area contributed by atoms with Crippen LogP contribution in [0, 0.1) is 0 Å². The van der Waals surface area contributed by atoms with Crippen molar-refractivity contribution in [2.45, 2.75) is 19.7 Å². The van der Waals surface area contributed by atoms with E-state index in [9.17, 15) is 21.6 Å². The van der Waals surface area contributed by atoms with Gasteiger partial charge >= 0.3 is 6.36 Å². The minimum Gasteiger partial charge on any atom is -0.406 e. The van der Waals surface area contributed by atoms with E-state index in [1.807, 2.05) is 0 Å². The molecule has 0 aliphatic rings. The molecule has 1 aromatic carbocycles. The summed E-state index contributed by atoms with van der Waals surface area (Å²) in [4.78, 5) is 0. The number of ether oxygens (including phenoxy) is 1. The number of halogens is 3. The Balaban J connectivity index is 2.46. The summed E-state index contributed by atoms with van der Waals surface area (Å²) < 4.78 is 62.4. The van der Waals surface area contributed by atoms with E-state index in [0.29, 0.717) is 12.1 Å². The van der Waals surface area contributed by atoms with Crippen LogP contribution in [0.25, 0.3) is 0 Å². The zero-order valence-electron chi connectivity index (χ0n) is 10.9. The van der Waals surface area contributed by atoms with Gasteiger partial charge in [-0.15, -0.1) is 13.2 Å². The third kappa shape index (κ3) is 6.65. The van der Waals surface area contributed by atoms with Gasteiger partial charge in [0, 0.05) is 18.0 Å². The van der Waals surface area contributed by atoms with Crippen LogP contribution in [0.3, 0.4) is 0 Å². The first kappa shape index (κ1) is 16.6. The molecule has 0 bridgehead atoms. The number of sulfone groups is 1. The van der Waals surface area contributed by atoms with E-state index in [1.54, 1.807) is 6.92 Å². The average Bonchev–Trinajstić information content (AvgIpc) is 2.29. The molecule has 0 heterocycles. The molecule has 0 aliphatic heterocycles. The second kappa shape index (κ2) is 6.83. The van der Waals surface area contributed by atoms with Crippen LogP contribution in [0.4, 0.5) is 18.9 Å². The van der Waals surface area contributed by atoms with E-state index in [2.05, 4.69) is 10.1 Å². The fourth-order valence-corrected chi connectivity index (χ4v) is 2.78. The summed E-state index contributed by atoms with van der Waals surface area (Å²) in [6.07, 6.45) is -4.16. The molecule has 1 N–H and O–H groups in total. The molecule has 8 heteroatoms. The van der Waals surface area contributed by atoms with Gasteiger partial charge in [-0.3, -0.25) is 0 Å². The molecule has 0 spiro atoms. The predicted octanol–water partition coefficient (Wildman–Crippen LogP) is 2.82. The molecular weight excluding hydrogens is 295 g/mol. The Morgan fingerprint density at radius 3 is 2.25 bits per heavy atom. The van der Waals surface area contributed by atoms with Crippen molar-refractivity contribution in [3.05, 3.63) is 24.3 Å². The first-order valence-corrected chi connectivity index (χ1v) is 7.84. The van der Waals surface area contributed by atoms with E-state index in [1.165, 1.54) is 12.1 Å². The van der Waals surface area contributed by atoms with Gasteiger partial charge in [0.15, 0.2) is 9.84 Å². The van der Waals surface area contributed by atoms with E-state index in [-0.39, 0.29) is 23.8 Å². The number of benzene rings is 1. The fourth-order valence-electron chi connectivity index (χ4n) is 1.54. The molecule has 0 radical (unpaired) electrons. The molecule has 0 fully saturated rings. The van der Waals surface area contributed by atoms with E-state index >= 15 is 0 Å². The molecule has 0 aliphatic carbocycles. The van der Waals surface area contributed by atoms with Crippen molar-refractivity contribution < 1.29 is 26.3 Å². The van der Waals surface area contributed by atoms with Gasteiger partial charge in [0.05, 0.1) is 5.75 Å². The molecule has 0 saturated carbocycles. The Labute approximate surface area is 115 Å². The van der Waals surface area contributed by atoms with Gasteiger partial charge < -0.3 is 10.1 Å². The Kier molecular flexibility index (Phi) is 5.67. The van der Waals surface area contributed by atoms with Gasteiger partial charge in [-0.05, 0) is 30.7 Å². The number of hydrogen-bond acceptors (Lipinski definition) is 4. The normalized spacial score (nSPS) is 12.2. The maximum atomic E-state index is 11.9. The molecular formula is C12H16F3NO3S. The van der Waals surface area contributed by atoms with Crippen LogP contribution in [0.15, 0.2) is 24.3 Å². The van der Waals surface area contributed by atoms with Gasteiger partial charge in [0.1, 0.15) is 5.75 Å². The van der Waals surface area contributed by atoms with Crippen molar-refractivity contribution >= 4 is 15.5 Å². The Bertz CT molecular complexity index is 512. The molecule has 0 amide bonds. The predicted molar refractivity (Wildman–Crippen MR) is 70.6 cm³/mol. The van der Waals surface area contributed by atoms with Crippen molar-refractivity contribution in [3.8, 4) is 5.75 Å². The van der Waals surface area contributed by atoms with E-state index in [0.717, 1.165) is 12.1 Å². The van der Waals surface area contributed by atoms with Crippen molar-refractivity contribution in [2.24, 2.45) is 0 Å². The third-order valence-corrected chi connectivity index (χ3v) is 4.20. The summed E-state index contributed by atoms with van der Waals surface area (Å²) in [7, 11) is -3.07. The minimum absolute atomic E-state index is 0.0123. The van der Waals surface area contributed by atoms with E-state index < -0.39 is 16.2 Å². The highest BCUT2D eigenvalue weighted by Gasteiger charge is 2.30. The van der Waals surface area contributed by atoms with Crippen molar-refractivity contribution in [1.29, 1.82) is 0 Å². The van der Waals surface area contributed by atoms with Gasteiger partial charge in [-0.1, -0.05) is 6.92 Å². The lowest BCUT2D eigenvalue weighted by atomic mass is 10.3. The van der Waals surface area contributed by atoms with Crippen molar-refractivity contribution in [1.82, 2.24) is 0 Å². The highest BCUT2D eigenvalue weighted by Crippen LogP contribution is 2.23. The number of anilines is 1. The second-order valence-electron chi connectivity index (χ2n) is 4.15. The topological polar surface area (TPSA) is 55.4 Å². The molecule has 0 atom stereocenters. The molecule has 4 nitrogen and oxygen atoms in total. The van der Waals surface area contributed by atoms with E-state index in [4.69, 9.17) is 0 Å². The molecule has 0 saturated heterocycles. The maximum absolute atomic E-state index is 11.9. The molecule has 0 aromatic heterocycles. The van der Waals surface area contributed by atoms with Crippen LogP contribution < -0.4 is 10.1 Å². The maximum Gasteiger partial charge on any atom is 0.573 e. The summed E-state index contributed by atoms with van der Waals surface area (Å²) in [6, 6.07) is 5.12. The summed E-state index contributed by atoms with van der Waals surface area (Å²) in [6.45, 7) is 1.99. The number of nitrogens with one attached hydrogen (secondary N) is 1. The number of hydrogen-bond donors (Lipinski definition) is 1. The lowest BCUT2D eigenvalue weighted by Gasteiger charge is -2.10. The van der Waals surface area contributed by atoms with Crippen LogP contribution >= 0.6 is 0 Å². The zero-order chi connectivity index (χ0) is 15.2. The quantitative estimate of drug-likeness (QED) is 0.841. The highest BCUT2D eigenvalue weighted by atomic mass is 32.2. The molecule has 1 aromatic rings. The molecule has 114 valence electrons. The molecule has 1 rings (SSSR count). The van der Waals surface area contributed by atoms with Crippen molar-refractivity contribution in [3.63, 3.8) is 0 Å². The Hall–Kier alpha value is -1.44. The van der Waals surface area contributed by atoms with Gasteiger partial charge in [-0.2, -0.15) is 0 Å². The second-order valence-corrected chi connectivity index (χ2v) is 6.45. The molecule has 0 unspecified atom stereocenters. The number of alkyl halides is 3. The lowest BCUT2D eigenvalue weighted by Crippen LogP contribution is -2.18. The van der Waals surface area contributed by atoms with Gasteiger partial charge in [0.2, 0.25) is 0 Å². The summed E-state index contributed by atoms with van der Waals surface area (Å²) in [5.41, 5.74) is 0.534. The zero-order valence-corrected chi connectivity index (χ0v) is 11.7. The average molecular weight is 311 g/mol. The Morgan fingerprint density at radius 1 is 1.15 bits per heavy atom. The first-order valence-electron chi connectivity index (χ1n) is 6.02. The van der Waals surface area contributed by atoms with Crippen LogP contribution in [0.2, 0.25) is 0 Å². The molecule has 20 heavy (non-hydrogen) atoms. The minimum atomic E-state index is -4.72. The van der Waals surface area contributed by atoms with Crippen LogP contribution in [-0.2, 0) is 9.84 Å². The summed E-state index contributed by atoms with van der Waals surface area (Å²) in [5.74, 6) is -0.198. The Morgan fingerprint density at radius 2 is 1.75 bits per heavy atom. The summed E-state index contributed by atoms with van der Waals surface area (Å²) in [5, 5.41) is 2.83. The standard InChI is InChI=1S/C12H16F3NO3S/c1-2-8-20(17,18)9-7-16-10-3-5-11(6-4-10)19-12(13,14)15/h3-6,16H,2,7-9H2,1H3. The van der Waals surface area contributed by atoms with Crippen LogP contribution in [-0.4, -0.2) is 32.8 Å². The summed E-state index contributed by atoms with van der Waals surface area (Å²) >= 11 is 0. The van der Waals surface area contributed by atoms with Gasteiger partial charge in [0.25, 0.3) is 0 Å². The smallest absolute Gasteiger partial charge is 0.406 e. The van der Waals surface area contributed by atoms with Crippen LogP contribution in [0.5, 0.6) is 5.75 Å². The van der Waals surface area contributed by atoms with Gasteiger partial charge in [-0.25, -0.2) is 8.42 Å². The SMILES string of the molecule is CCCS(=O)(=O)CCNc1ccc(OC(F)(F)F)cc1. The fraction of sp³-hybridized carbons (Fsp3) is 0.500. The lowest BCUT2D eigenvalue weighted by molar-refractivity contribution is -0.274. The third-order valence-electron chi connectivity index (χ3n) is 2.35. The first-order chi connectivity index (χ1) is 9.22. The highest BCUT2D eigenvalue weighted by molar-refractivity contribution is 7.91. The largest absolute Gasteiger partial charge is 0.573 e. The van der Waals surface area contributed by atoms with Crippen LogP contribution in [0.1, 0.15) is 13.3 Å². The van der Waals surface area contributed by atoms with Crippen molar-refractivity contribution in [2.75, 3.05) is 23.4 Å². The number of rotatable bonds is 7.